The SMILES string of the molecule is COC(=O)N[C@H](C(=O)N[C@@H](Cc1ccc(C#Cc2ccc(N3CC4CCC(C3)N4C3COC3)nc2)cc1)[C@@H](O)CN(Cc1c(F)cc(-c2cnn(C(F)F)c2)cc1F)NC(=O)[C@@H](NC(=O)OC)C(C)(C)CF)C(C)(C)CF. The second-order valence-electron chi connectivity index (χ2n) is 20.8. The number of carbonyl (C=O) groups is 4. The molecule has 3 fully saturated rings. The summed E-state index contributed by atoms with van der Waals surface area (Å²) in [6, 6.07) is 9.11. The first-order chi connectivity index (χ1) is 36.6. The van der Waals surface area contributed by atoms with Gasteiger partial charge in [0.25, 0.3) is 5.91 Å². The number of alkyl carbamates (subject to hydrolysis) is 2. The largest absolute Gasteiger partial charge is 0.453 e. The number of nitrogens with one attached hydrogen (secondary N) is 4. The van der Waals surface area contributed by atoms with E-state index in [1.165, 1.54) is 27.7 Å². The van der Waals surface area contributed by atoms with Gasteiger partial charge in [-0.3, -0.25) is 28.7 Å². The summed E-state index contributed by atoms with van der Waals surface area (Å²) < 4.78 is 103. The number of hydrogen-bond acceptors (Lipinski definition) is 13. The third kappa shape index (κ3) is 14.2. The highest BCUT2D eigenvalue weighted by molar-refractivity contribution is 5.87. The molecule has 5 heterocycles. The Labute approximate surface area is 442 Å². The number of alkyl halides is 4. The maximum Gasteiger partial charge on any atom is 0.407 e. The number of aromatic nitrogens is 3. The van der Waals surface area contributed by atoms with E-state index >= 15 is 8.78 Å². The first kappa shape index (κ1) is 57.8. The second kappa shape index (κ2) is 25.0. The van der Waals surface area contributed by atoms with Crippen molar-refractivity contribution >= 4 is 29.8 Å². The monoisotopic (exact) mass is 1080 g/mol. The molecule has 5 N–H and O–H groups in total. The zero-order valence-electron chi connectivity index (χ0n) is 43.5. The Morgan fingerprint density at radius 3 is 1.88 bits per heavy atom. The topological polar surface area (TPSA) is 205 Å². The van der Waals surface area contributed by atoms with E-state index in [1.54, 1.807) is 30.5 Å². The predicted molar refractivity (Wildman–Crippen MR) is 269 cm³/mol. The Balaban J connectivity index is 1.15. The normalized spacial score (nSPS) is 18.4. The van der Waals surface area contributed by atoms with E-state index in [0.717, 1.165) is 88.7 Å². The third-order valence-corrected chi connectivity index (χ3v) is 14.2. The molecule has 2 aromatic heterocycles. The molecule has 4 aromatic rings. The van der Waals surface area contributed by atoms with Crippen molar-refractivity contribution in [2.75, 3.05) is 65.3 Å². The molecular formula is C53H64F6N10O8. The summed E-state index contributed by atoms with van der Waals surface area (Å²) in [5.41, 5.74) is 0.153. The molecule has 0 spiro atoms. The van der Waals surface area contributed by atoms with E-state index < -0.39 is 109 Å². The molecule has 77 heavy (non-hydrogen) atoms. The highest BCUT2D eigenvalue weighted by Crippen LogP contribution is 2.36. The fourth-order valence-corrected chi connectivity index (χ4v) is 9.60. The molecule has 3 aliphatic rings. The van der Waals surface area contributed by atoms with Crippen molar-refractivity contribution in [2.24, 2.45) is 10.8 Å². The summed E-state index contributed by atoms with van der Waals surface area (Å²) in [5.74, 6) is 2.62. The molecule has 2 bridgehead atoms. The van der Waals surface area contributed by atoms with Crippen LogP contribution >= 0.6 is 0 Å². The van der Waals surface area contributed by atoms with Gasteiger partial charge in [-0.2, -0.15) is 13.9 Å². The minimum atomic E-state index is -3.04. The van der Waals surface area contributed by atoms with Gasteiger partial charge in [0.1, 0.15) is 29.5 Å². The number of piperazine rings is 1. The quantitative estimate of drug-likeness (QED) is 0.0402. The average Bonchev–Trinajstić information content (AvgIpc) is 3.99. The number of fused-ring (bicyclic) bond motifs is 2. The lowest BCUT2D eigenvalue weighted by Gasteiger charge is -2.47. The van der Waals surface area contributed by atoms with Gasteiger partial charge in [-0.25, -0.2) is 33.0 Å². The molecule has 0 saturated carbocycles. The van der Waals surface area contributed by atoms with E-state index in [0.29, 0.717) is 34.8 Å². The number of benzene rings is 2. The standard InChI is InChI=1S/C53H64F6N10O8/c1-52(2,29-54)45(63-50(73)75-5)47(71)62-42(17-32-10-7-31(8-11-32)9-12-33-13-16-44(60-20-33)66-23-36-14-15-37(24-66)69(36)38-27-77-28-38)43(70)26-67(65-48(72)46(53(3,4)30-55)64-51(74)76-6)25-39-40(56)18-34(19-41(39)57)35-21-61-68(22-35)49(58)59/h7-8,10-11,13,16,18-22,36-38,42-43,45-46,49,70H,14-15,17,23-30H2,1-6H3,(H,62,71)(H,63,73)(H,64,74)(H,65,72)/t36?,37?,42-,43-,45+,46+/m0/s1. The molecule has 0 radical (unpaired) electrons. The lowest BCUT2D eigenvalue weighted by Crippen LogP contribution is -2.62. The van der Waals surface area contributed by atoms with Gasteiger partial charge >= 0.3 is 18.7 Å². The van der Waals surface area contributed by atoms with Crippen LogP contribution in [0.2, 0.25) is 0 Å². The number of pyridine rings is 1. The Kier molecular flexibility index (Phi) is 18.8. The molecule has 6 atom stereocenters. The summed E-state index contributed by atoms with van der Waals surface area (Å²) in [5, 5.41) is 23.8. The maximum absolute atomic E-state index is 16.0. The van der Waals surface area contributed by atoms with Crippen molar-refractivity contribution in [3.05, 3.63) is 101 Å². The Hall–Kier alpha value is -6.94. The van der Waals surface area contributed by atoms with Gasteiger partial charge < -0.3 is 40.2 Å². The molecule has 2 aromatic carbocycles. The number of aliphatic hydroxyl groups is 1. The lowest BCUT2D eigenvalue weighted by molar-refractivity contribution is -0.133. The number of carbonyl (C=O) groups excluding carboxylic acids is 4. The number of aliphatic hydroxyl groups excluding tert-OH is 1. The fourth-order valence-electron chi connectivity index (χ4n) is 9.60. The molecule has 0 aliphatic carbocycles. The van der Waals surface area contributed by atoms with Crippen LogP contribution in [-0.2, 0) is 36.8 Å². The summed E-state index contributed by atoms with van der Waals surface area (Å²) >= 11 is 0. The molecule has 7 rings (SSSR count). The molecule has 416 valence electrons. The van der Waals surface area contributed by atoms with Crippen LogP contribution in [0.1, 0.15) is 69.3 Å². The number of methoxy groups -OCH3 is 2. The Morgan fingerprint density at radius 1 is 0.805 bits per heavy atom. The van der Waals surface area contributed by atoms with Crippen LogP contribution < -0.4 is 26.3 Å². The van der Waals surface area contributed by atoms with Crippen LogP contribution in [-0.4, -0.2) is 157 Å². The lowest BCUT2D eigenvalue weighted by atomic mass is 9.84. The number of hydrazine groups is 1. The molecule has 24 heteroatoms. The van der Waals surface area contributed by atoms with Crippen LogP contribution in [0.4, 0.5) is 41.7 Å². The van der Waals surface area contributed by atoms with Crippen molar-refractivity contribution < 1.29 is 64.8 Å². The van der Waals surface area contributed by atoms with E-state index in [9.17, 15) is 41.8 Å². The highest BCUT2D eigenvalue weighted by Gasteiger charge is 2.46. The van der Waals surface area contributed by atoms with Crippen LogP contribution in [0.5, 0.6) is 0 Å². The average molecular weight is 1080 g/mol. The summed E-state index contributed by atoms with van der Waals surface area (Å²) in [7, 11) is 2.05. The highest BCUT2D eigenvalue weighted by atomic mass is 19.3. The van der Waals surface area contributed by atoms with E-state index in [-0.39, 0.29) is 22.2 Å². The molecule has 3 aliphatic heterocycles. The third-order valence-electron chi connectivity index (χ3n) is 14.2. The smallest absolute Gasteiger partial charge is 0.407 e. The van der Waals surface area contributed by atoms with E-state index in [1.807, 2.05) is 12.1 Å². The number of ether oxygens (including phenoxy) is 3. The van der Waals surface area contributed by atoms with Gasteiger partial charge in [0.05, 0.1) is 65.2 Å². The molecule has 3 saturated heterocycles. The predicted octanol–water partition coefficient (Wildman–Crippen LogP) is 5.43. The number of hydrogen-bond donors (Lipinski definition) is 5. The van der Waals surface area contributed by atoms with Gasteiger partial charge in [0.15, 0.2) is 0 Å². The Morgan fingerprint density at radius 2 is 1.38 bits per heavy atom. The number of anilines is 1. The summed E-state index contributed by atoms with van der Waals surface area (Å²) in [4.78, 5) is 62.8. The Bertz CT molecular complexity index is 2740. The number of amides is 4. The van der Waals surface area contributed by atoms with Crippen LogP contribution in [0.15, 0.2) is 67.1 Å². The minimum Gasteiger partial charge on any atom is -0.453 e. The second-order valence-corrected chi connectivity index (χ2v) is 20.8. The summed E-state index contributed by atoms with van der Waals surface area (Å²) in [6.07, 6.45) is 1.74. The van der Waals surface area contributed by atoms with E-state index in [4.69, 9.17) is 14.5 Å². The van der Waals surface area contributed by atoms with Crippen molar-refractivity contribution in [1.29, 1.82) is 0 Å². The van der Waals surface area contributed by atoms with Crippen LogP contribution in [0, 0.1) is 34.3 Å². The van der Waals surface area contributed by atoms with Crippen molar-refractivity contribution in [1.82, 2.24) is 46.0 Å². The van der Waals surface area contributed by atoms with Gasteiger partial charge in [0, 0.05) is 83.7 Å². The number of nitrogens with zero attached hydrogens (tertiary/aromatic N) is 6. The minimum absolute atomic E-state index is 0.0519. The first-order valence-electron chi connectivity index (χ1n) is 25.0. The summed E-state index contributed by atoms with van der Waals surface area (Å²) in [6.45, 7) is 1.83. The number of rotatable bonds is 21. The van der Waals surface area contributed by atoms with Crippen LogP contribution in [0.3, 0.4) is 0 Å². The van der Waals surface area contributed by atoms with Gasteiger partial charge in [-0.05, 0) is 66.8 Å². The zero-order chi connectivity index (χ0) is 55.8. The van der Waals surface area contributed by atoms with Crippen LogP contribution in [0.25, 0.3) is 11.1 Å². The molecule has 4 amide bonds. The number of halogens is 6. The van der Waals surface area contributed by atoms with Crippen molar-refractivity contribution in [3.63, 3.8) is 0 Å². The zero-order valence-corrected chi connectivity index (χ0v) is 43.5. The molecule has 2 unspecified atom stereocenters. The van der Waals surface area contributed by atoms with Gasteiger partial charge in [-0.15, -0.1) is 0 Å². The first-order valence-corrected chi connectivity index (χ1v) is 25.0. The van der Waals surface area contributed by atoms with E-state index in [2.05, 4.69) is 52.9 Å². The maximum atomic E-state index is 16.0. The van der Waals surface area contributed by atoms with Gasteiger partial charge in [-0.1, -0.05) is 51.7 Å². The molecule has 18 nitrogen and oxygen atoms in total. The fraction of sp³-hybridized carbons (Fsp3) is 0.509. The van der Waals surface area contributed by atoms with Crippen molar-refractivity contribution in [2.45, 2.75) is 102 Å². The molecular weight excluding hydrogens is 1020 g/mol. The van der Waals surface area contributed by atoms with Gasteiger partial charge in [0.2, 0.25) is 5.91 Å². The van der Waals surface area contributed by atoms with Crippen molar-refractivity contribution in [3.8, 4) is 23.0 Å².